The van der Waals surface area contributed by atoms with Crippen molar-refractivity contribution in [3.8, 4) is 0 Å². The maximum atomic E-state index is 5.66. The van der Waals surface area contributed by atoms with Gasteiger partial charge in [0.05, 0.1) is 0 Å². The van der Waals surface area contributed by atoms with Crippen molar-refractivity contribution < 1.29 is 0 Å². The van der Waals surface area contributed by atoms with Crippen molar-refractivity contribution in [1.82, 2.24) is 0 Å². The maximum Gasteiger partial charge on any atom is 0.113 e. The van der Waals surface area contributed by atoms with Crippen LogP contribution < -0.4 is 5.46 Å². The second kappa shape index (κ2) is 9.33. The van der Waals surface area contributed by atoms with Gasteiger partial charge in [0, 0.05) is 0 Å². The van der Waals surface area contributed by atoms with Crippen molar-refractivity contribution in [3.63, 3.8) is 0 Å². The van der Waals surface area contributed by atoms with Gasteiger partial charge in [0.15, 0.2) is 0 Å². The topological polar surface area (TPSA) is 0 Å². The molecule has 17 heavy (non-hydrogen) atoms. The van der Waals surface area contributed by atoms with Crippen LogP contribution in [0, 0.1) is 0 Å². The third-order valence-corrected chi connectivity index (χ3v) is 3.30. The first kappa shape index (κ1) is 14.3. The molecular weight excluding hydrogens is 203 g/mol. The molecule has 0 fully saturated rings. The lowest BCUT2D eigenvalue weighted by atomic mass is 9.94. The van der Waals surface area contributed by atoms with E-state index < -0.39 is 0 Å². The first-order valence-corrected chi connectivity index (χ1v) is 7.17. The fourth-order valence-electron chi connectivity index (χ4n) is 2.15. The summed E-state index contributed by atoms with van der Waals surface area (Å²) in [6, 6.07) is 8.30. The van der Waals surface area contributed by atoms with E-state index in [9.17, 15) is 0 Å². The molecule has 0 spiro atoms. The molecule has 1 aromatic carbocycles. The molecule has 0 saturated carbocycles. The van der Waals surface area contributed by atoms with Crippen LogP contribution >= 0.6 is 0 Å². The summed E-state index contributed by atoms with van der Waals surface area (Å²) in [6.45, 7) is 2.27. The van der Waals surface area contributed by atoms with Gasteiger partial charge in [-0.05, 0) is 18.4 Å². The predicted molar refractivity (Wildman–Crippen MR) is 78.1 cm³/mol. The Morgan fingerprint density at radius 2 is 1.29 bits per heavy atom. The van der Waals surface area contributed by atoms with Crippen LogP contribution in [0.3, 0.4) is 0 Å². The van der Waals surface area contributed by atoms with E-state index in [4.69, 9.17) is 7.85 Å². The Labute approximate surface area is 108 Å². The fourth-order valence-corrected chi connectivity index (χ4v) is 2.15. The molecule has 1 heteroatoms. The van der Waals surface area contributed by atoms with Crippen molar-refractivity contribution in [3.05, 3.63) is 29.8 Å². The Morgan fingerprint density at radius 3 is 1.88 bits per heavy atom. The minimum absolute atomic E-state index is 0.865. The zero-order valence-corrected chi connectivity index (χ0v) is 11.3. The summed E-state index contributed by atoms with van der Waals surface area (Å²) in [5.74, 6) is 0. The summed E-state index contributed by atoms with van der Waals surface area (Å²) in [7, 11) is 5.66. The Morgan fingerprint density at radius 1 is 0.765 bits per heavy atom. The van der Waals surface area contributed by atoms with E-state index in [2.05, 4.69) is 19.1 Å². The summed E-state index contributed by atoms with van der Waals surface area (Å²) in [6.07, 6.45) is 12.3. The second-order valence-corrected chi connectivity index (χ2v) is 4.97. The van der Waals surface area contributed by atoms with Crippen molar-refractivity contribution in [2.24, 2.45) is 0 Å². The van der Waals surface area contributed by atoms with Gasteiger partial charge in [-0.1, -0.05) is 81.6 Å². The van der Waals surface area contributed by atoms with Crippen LogP contribution in [-0.4, -0.2) is 7.85 Å². The Balaban J connectivity index is 1.95. The molecule has 0 aliphatic rings. The molecule has 0 unspecified atom stereocenters. The Bertz CT molecular complexity index is 276. The third-order valence-electron chi connectivity index (χ3n) is 3.30. The van der Waals surface area contributed by atoms with Crippen LogP contribution in [0.25, 0.3) is 0 Å². The first-order valence-electron chi connectivity index (χ1n) is 7.17. The van der Waals surface area contributed by atoms with Crippen LogP contribution in [0.1, 0.15) is 63.9 Å². The monoisotopic (exact) mass is 228 g/mol. The van der Waals surface area contributed by atoms with E-state index in [-0.39, 0.29) is 0 Å². The van der Waals surface area contributed by atoms with Gasteiger partial charge in [-0.15, -0.1) is 0 Å². The van der Waals surface area contributed by atoms with Crippen LogP contribution in [-0.2, 0) is 6.42 Å². The van der Waals surface area contributed by atoms with Crippen LogP contribution in [0.2, 0.25) is 0 Å². The standard InChI is InChI=1S/C16H25B/c1-2-3-4-5-6-7-8-9-10-15-11-13-16(17)14-12-15/h11-14H,2-10H2,1H3. The average Bonchev–Trinajstić information content (AvgIpc) is 2.35. The quantitative estimate of drug-likeness (QED) is 0.439. The van der Waals surface area contributed by atoms with E-state index >= 15 is 0 Å². The van der Waals surface area contributed by atoms with Crippen molar-refractivity contribution in [2.45, 2.75) is 64.7 Å². The maximum absolute atomic E-state index is 5.66. The van der Waals surface area contributed by atoms with Gasteiger partial charge in [-0.3, -0.25) is 0 Å². The van der Waals surface area contributed by atoms with Gasteiger partial charge >= 0.3 is 0 Å². The van der Waals surface area contributed by atoms with E-state index in [1.54, 1.807) is 0 Å². The van der Waals surface area contributed by atoms with Gasteiger partial charge in [-0.25, -0.2) is 0 Å². The second-order valence-electron chi connectivity index (χ2n) is 4.97. The minimum atomic E-state index is 0.865. The number of unbranched alkanes of at least 4 members (excludes halogenated alkanes) is 7. The first-order chi connectivity index (χ1) is 8.33. The number of hydrogen-bond acceptors (Lipinski definition) is 0. The molecule has 0 amide bonds. The lowest BCUT2D eigenvalue weighted by Gasteiger charge is -2.03. The highest BCUT2D eigenvalue weighted by molar-refractivity contribution is 6.32. The molecule has 0 aliphatic heterocycles. The van der Waals surface area contributed by atoms with Gasteiger partial charge < -0.3 is 0 Å². The highest BCUT2D eigenvalue weighted by atomic mass is 14.0. The predicted octanol–water partition coefficient (Wildman–Crippen LogP) is 4.16. The highest BCUT2D eigenvalue weighted by Gasteiger charge is 1.94. The van der Waals surface area contributed by atoms with Crippen LogP contribution in [0.4, 0.5) is 0 Å². The number of benzene rings is 1. The summed E-state index contributed by atoms with van der Waals surface area (Å²) >= 11 is 0. The highest BCUT2D eigenvalue weighted by Crippen LogP contribution is 2.10. The zero-order valence-electron chi connectivity index (χ0n) is 11.3. The van der Waals surface area contributed by atoms with E-state index in [0.717, 1.165) is 5.46 Å². The summed E-state index contributed by atoms with van der Waals surface area (Å²) in [5.41, 5.74) is 2.29. The van der Waals surface area contributed by atoms with E-state index in [1.807, 2.05) is 12.1 Å². The van der Waals surface area contributed by atoms with Crippen molar-refractivity contribution in [2.75, 3.05) is 0 Å². The molecule has 0 aliphatic carbocycles. The smallest absolute Gasteiger partial charge is 0.0967 e. The minimum Gasteiger partial charge on any atom is -0.0967 e. The molecule has 0 atom stereocenters. The molecule has 0 bridgehead atoms. The molecular formula is C16H25B. The van der Waals surface area contributed by atoms with Gasteiger partial charge in [-0.2, -0.15) is 0 Å². The molecule has 0 saturated heterocycles. The molecule has 92 valence electrons. The number of aryl methyl sites for hydroxylation is 1. The zero-order chi connectivity index (χ0) is 12.3. The lowest BCUT2D eigenvalue weighted by Crippen LogP contribution is -2.00. The van der Waals surface area contributed by atoms with E-state index in [1.165, 1.54) is 63.4 Å². The van der Waals surface area contributed by atoms with Crippen molar-refractivity contribution in [1.29, 1.82) is 0 Å². The fraction of sp³-hybridized carbons (Fsp3) is 0.625. The van der Waals surface area contributed by atoms with Crippen molar-refractivity contribution >= 4 is 13.3 Å². The summed E-state index contributed by atoms with van der Waals surface area (Å²) in [5, 5.41) is 0. The summed E-state index contributed by atoms with van der Waals surface area (Å²) < 4.78 is 0. The van der Waals surface area contributed by atoms with Gasteiger partial charge in [0.2, 0.25) is 0 Å². The van der Waals surface area contributed by atoms with Gasteiger partial charge in [0.1, 0.15) is 7.85 Å². The average molecular weight is 228 g/mol. The van der Waals surface area contributed by atoms with Crippen LogP contribution in [0.15, 0.2) is 24.3 Å². The normalized spacial score (nSPS) is 10.6. The largest absolute Gasteiger partial charge is 0.113 e. The Hall–Kier alpha value is -0.715. The molecule has 1 rings (SSSR count). The molecule has 0 nitrogen and oxygen atoms in total. The lowest BCUT2D eigenvalue weighted by molar-refractivity contribution is 0.575. The molecule has 2 radical (unpaired) electrons. The molecule has 0 N–H and O–H groups in total. The number of hydrogen-bond donors (Lipinski definition) is 0. The molecule has 0 aromatic heterocycles. The third kappa shape index (κ3) is 7.25. The number of rotatable bonds is 9. The molecule has 0 heterocycles. The SMILES string of the molecule is [B]c1ccc(CCCCCCCCCC)cc1. The molecule has 1 aromatic rings. The van der Waals surface area contributed by atoms with E-state index in [0.29, 0.717) is 0 Å². The Kier molecular flexibility index (Phi) is 7.87. The van der Waals surface area contributed by atoms with Crippen LogP contribution in [0.5, 0.6) is 0 Å². The van der Waals surface area contributed by atoms with Gasteiger partial charge in [0.25, 0.3) is 0 Å². The summed E-state index contributed by atoms with van der Waals surface area (Å²) in [4.78, 5) is 0.